The molecule has 0 N–H and O–H groups in total. The number of thiophene rings is 1. The predicted molar refractivity (Wildman–Crippen MR) is 125 cm³/mol. The van der Waals surface area contributed by atoms with Crippen molar-refractivity contribution in [1.82, 2.24) is 19.7 Å². The second kappa shape index (κ2) is 8.61. The van der Waals surface area contributed by atoms with Crippen LogP contribution in [0.3, 0.4) is 0 Å². The molecule has 8 heteroatoms. The zero-order valence-corrected chi connectivity index (χ0v) is 20.1. The van der Waals surface area contributed by atoms with E-state index in [0.29, 0.717) is 12.5 Å². The molecule has 0 amide bonds. The second-order valence-corrected chi connectivity index (χ2v) is 10.5. The molecular formula is C22H24BrClN4OS. The van der Waals surface area contributed by atoms with E-state index in [0.717, 1.165) is 77.2 Å². The fraction of sp³-hybridized carbons (Fsp3) is 0.455. The summed E-state index contributed by atoms with van der Waals surface area (Å²) in [6, 6.07) is 8.20. The van der Waals surface area contributed by atoms with E-state index in [2.05, 4.69) is 54.7 Å². The third-order valence-electron chi connectivity index (χ3n) is 6.10. The van der Waals surface area contributed by atoms with E-state index in [1.807, 2.05) is 12.1 Å². The average Bonchev–Trinajstić information content (AvgIpc) is 3.24. The maximum Gasteiger partial charge on any atom is 0.178 e. The highest BCUT2D eigenvalue weighted by molar-refractivity contribution is 9.10. The van der Waals surface area contributed by atoms with Gasteiger partial charge in [0.2, 0.25) is 0 Å². The first kappa shape index (κ1) is 20.5. The number of piperidine rings is 1. The smallest absolute Gasteiger partial charge is 0.178 e. The van der Waals surface area contributed by atoms with Crippen molar-refractivity contribution in [1.29, 1.82) is 0 Å². The molecule has 158 valence electrons. The molecule has 0 saturated carbocycles. The summed E-state index contributed by atoms with van der Waals surface area (Å²) in [5, 5.41) is 10.0. The van der Waals surface area contributed by atoms with Gasteiger partial charge in [0.05, 0.1) is 11.0 Å². The lowest BCUT2D eigenvalue weighted by Crippen LogP contribution is -2.35. The molecule has 1 fully saturated rings. The van der Waals surface area contributed by atoms with Crippen LogP contribution in [0.4, 0.5) is 0 Å². The number of aryl methyl sites for hydroxylation is 1. The van der Waals surface area contributed by atoms with E-state index in [-0.39, 0.29) is 0 Å². The van der Waals surface area contributed by atoms with E-state index < -0.39 is 0 Å². The van der Waals surface area contributed by atoms with Gasteiger partial charge in [0, 0.05) is 22.4 Å². The molecule has 5 rings (SSSR count). The third-order valence-corrected chi connectivity index (χ3v) is 8.65. The number of likely N-dealkylation sites (tertiary alicyclic amines) is 1. The van der Waals surface area contributed by atoms with E-state index in [1.54, 1.807) is 11.3 Å². The molecule has 0 atom stereocenters. The maximum absolute atomic E-state index is 6.04. The van der Waals surface area contributed by atoms with Gasteiger partial charge in [0.25, 0.3) is 0 Å². The molecule has 0 aliphatic carbocycles. The highest BCUT2D eigenvalue weighted by atomic mass is 79.9. The van der Waals surface area contributed by atoms with Crippen molar-refractivity contribution in [2.45, 2.75) is 38.6 Å². The Balaban J connectivity index is 1.26. The second-order valence-electron chi connectivity index (χ2n) is 8.00. The number of ether oxygens (including phenoxy) is 1. The van der Waals surface area contributed by atoms with Crippen LogP contribution in [0.15, 0.2) is 28.7 Å². The van der Waals surface area contributed by atoms with E-state index in [9.17, 15) is 0 Å². The van der Waals surface area contributed by atoms with Gasteiger partial charge in [-0.15, -0.1) is 21.5 Å². The quantitative estimate of drug-likeness (QED) is 0.465. The van der Waals surface area contributed by atoms with Crippen LogP contribution in [0.1, 0.15) is 35.0 Å². The Bertz CT molecular complexity index is 1040. The Morgan fingerprint density at radius 3 is 2.70 bits per heavy atom. The molecule has 4 heterocycles. The van der Waals surface area contributed by atoms with Gasteiger partial charge in [0.15, 0.2) is 11.6 Å². The Labute approximate surface area is 194 Å². The summed E-state index contributed by atoms with van der Waals surface area (Å²) in [4.78, 5) is 4.87. The molecule has 1 saturated heterocycles. The highest BCUT2D eigenvalue weighted by Gasteiger charge is 2.30. The first-order chi connectivity index (χ1) is 14.6. The van der Waals surface area contributed by atoms with Crippen molar-refractivity contribution < 1.29 is 4.74 Å². The van der Waals surface area contributed by atoms with Gasteiger partial charge in [-0.25, -0.2) is 0 Å². The topological polar surface area (TPSA) is 43.2 Å². The minimum atomic E-state index is 0.462. The fourth-order valence-corrected chi connectivity index (χ4v) is 6.17. The highest BCUT2D eigenvalue weighted by Crippen LogP contribution is 2.46. The number of nitrogens with zero attached hydrogens (tertiary/aromatic N) is 4. The van der Waals surface area contributed by atoms with Crippen molar-refractivity contribution in [3.05, 3.63) is 50.0 Å². The lowest BCUT2D eigenvalue weighted by atomic mass is 9.95. The Morgan fingerprint density at radius 1 is 1.17 bits per heavy atom. The number of rotatable bonds is 4. The van der Waals surface area contributed by atoms with Crippen molar-refractivity contribution in [3.63, 3.8) is 0 Å². The summed E-state index contributed by atoms with van der Waals surface area (Å²) in [5.74, 6) is 3.47. The lowest BCUT2D eigenvalue weighted by Gasteiger charge is -2.31. The molecule has 3 aromatic rings. The molecule has 2 aliphatic rings. The summed E-state index contributed by atoms with van der Waals surface area (Å²) >= 11 is 11.4. The maximum atomic E-state index is 6.04. The van der Waals surface area contributed by atoms with Gasteiger partial charge in [-0.3, -0.25) is 0 Å². The number of fused-ring (bicyclic) bond motifs is 3. The molecule has 5 nitrogen and oxygen atoms in total. The van der Waals surface area contributed by atoms with E-state index in [1.165, 1.54) is 10.4 Å². The average molecular weight is 508 g/mol. The number of hydrogen-bond acceptors (Lipinski definition) is 5. The van der Waals surface area contributed by atoms with Crippen LogP contribution < -0.4 is 4.74 Å². The molecule has 1 aromatic carbocycles. The van der Waals surface area contributed by atoms with Crippen molar-refractivity contribution in [3.8, 4) is 16.5 Å². The van der Waals surface area contributed by atoms with Crippen molar-refractivity contribution >= 4 is 38.9 Å². The molecule has 0 radical (unpaired) electrons. The Kier molecular flexibility index (Phi) is 5.88. The zero-order chi connectivity index (χ0) is 20.7. The monoisotopic (exact) mass is 506 g/mol. The molecule has 2 aromatic heterocycles. The van der Waals surface area contributed by atoms with Crippen molar-refractivity contribution in [2.24, 2.45) is 0 Å². The SMILES string of the molecule is Cc1sc2c(c1Br)OCCn1c-2nnc1C1CCN(CCc2ccc(Cl)cc2)CC1. The minimum Gasteiger partial charge on any atom is -0.489 e. The first-order valence-electron chi connectivity index (χ1n) is 10.4. The number of benzene rings is 1. The van der Waals surface area contributed by atoms with Crippen LogP contribution in [0, 0.1) is 6.92 Å². The van der Waals surface area contributed by atoms with E-state index in [4.69, 9.17) is 16.3 Å². The largest absolute Gasteiger partial charge is 0.489 e. The molecule has 0 spiro atoms. The molecule has 30 heavy (non-hydrogen) atoms. The molecule has 0 unspecified atom stereocenters. The summed E-state index contributed by atoms with van der Waals surface area (Å²) < 4.78 is 9.38. The predicted octanol–water partition coefficient (Wildman–Crippen LogP) is 5.55. The number of hydrogen-bond donors (Lipinski definition) is 0. The van der Waals surface area contributed by atoms with Gasteiger partial charge in [-0.1, -0.05) is 23.7 Å². The summed E-state index contributed by atoms with van der Waals surface area (Å²) in [7, 11) is 0. The number of halogens is 2. The third kappa shape index (κ3) is 3.93. The summed E-state index contributed by atoms with van der Waals surface area (Å²) in [6.45, 7) is 6.86. The Morgan fingerprint density at radius 2 is 1.93 bits per heavy atom. The fourth-order valence-electron chi connectivity index (χ4n) is 4.38. The molecular weight excluding hydrogens is 484 g/mol. The van der Waals surface area contributed by atoms with Crippen LogP contribution in [-0.2, 0) is 13.0 Å². The Hall–Kier alpha value is -1.41. The molecule has 2 aliphatic heterocycles. The number of aromatic nitrogens is 3. The van der Waals surface area contributed by atoms with Crippen molar-refractivity contribution in [2.75, 3.05) is 26.2 Å². The summed E-state index contributed by atoms with van der Waals surface area (Å²) in [6.07, 6.45) is 3.31. The normalized spacial score (nSPS) is 17.3. The zero-order valence-electron chi connectivity index (χ0n) is 16.9. The van der Waals surface area contributed by atoms with Gasteiger partial charge >= 0.3 is 0 Å². The summed E-state index contributed by atoms with van der Waals surface area (Å²) in [5.41, 5.74) is 1.34. The van der Waals surface area contributed by atoms with E-state index >= 15 is 0 Å². The lowest BCUT2D eigenvalue weighted by molar-refractivity contribution is 0.208. The minimum absolute atomic E-state index is 0.462. The van der Waals surface area contributed by atoms with Gasteiger partial charge in [-0.05, 0) is 72.9 Å². The van der Waals surface area contributed by atoms with Crippen LogP contribution in [0.2, 0.25) is 5.02 Å². The van der Waals surface area contributed by atoms with Crippen LogP contribution >= 0.6 is 38.9 Å². The van der Waals surface area contributed by atoms with Gasteiger partial charge in [-0.2, -0.15) is 0 Å². The first-order valence-corrected chi connectivity index (χ1v) is 12.4. The van der Waals surface area contributed by atoms with Crippen LogP contribution in [0.25, 0.3) is 10.7 Å². The van der Waals surface area contributed by atoms with Gasteiger partial charge < -0.3 is 14.2 Å². The molecule has 0 bridgehead atoms. The van der Waals surface area contributed by atoms with Crippen LogP contribution in [0.5, 0.6) is 5.75 Å². The van der Waals surface area contributed by atoms with Crippen LogP contribution in [-0.4, -0.2) is 45.9 Å². The van der Waals surface area contributed by atoms with Gasteiger partial charge in [0.1, 0.15) is 17.3 Å². The standard InChI is InChI=1S/C22H24BrClN4OS/c1-14-18(23)19-20(30-14)22-26-25-21(28(22)12-13-29-19)16-7-10-27(11-8-16)9-6-15-2-4-17(24)5-3-15/h2-5,16H,6-13H2,1H3.